The van der Waals surface area contributed by atoms with E-state index in [1.54, 1.807) is 24.3 Å². The first kappa shape index (κ1) is 23.7. The maximum absolute atomic E-state index is 12.4. The van der Waals surface area contributed by atoms with Gasteiger partial charge in [-0.2, -0.15) is 0 Å². The standard InChI is InChI=1S/C17H26N4O2.2ClH/c1-3-4-15(18)16(22)19-14-7-5-13(6-8-14)17(23)21-11-9-20(2)10-12-21;;/h5-8,15H,3-4,9-12,18H2,1-2H3,(H,19,22);2*1H. The van der Waals surface area contributed by atoms with E-state index >= 15 is 0 Å². The van der Waals surface area contributed by atoms with E-state index in [0.29, 0.717) is 17.7 Å². The van der Waals surface area contributed by atoms with E-state index in [-0.39, 0.29) is 36.6 Å². The number of benzene rings is 1. The van der Waals surface area contributed by atoms with E-state index in [0.717, 1.165) is 32.6 Å². The third-order valence-corrected chi connectivity index (χ3v) is 4.13. The summed E-state index contributed by atoms with van der Waals surface area (Å²) in [4.78, 5) is 28.4. The Hall–Kier alpha value is -1.34. The molecular weight excluding hydrogens is 363 g/mol. The largest absolute Gasteiger partial charge is 0.336 e. The molecular formula is C17H28Cl2N4O2. The molecule has 1 atom stereocenters. The number of amides is 2. The zero-order chi connectivity index (χ0) is 16.8. The molecule has 2 amide bonds. The number of nitrogens with zero attached hydrogens (tertiary/aromatic N) is 2. The first-order valence-electron chi connectivity index (χ1n) is 8.15. The molecule has 1 aromatic rings. The van der Waals surface area contributed by atoms with Crippen LogP contribution in [0.2, 0.25) is 0 Å². The number of piperazine rings is 1. The first-order valence-corrected chi connectivity index (χ1v) is 8.15. The maximum atomic E-state index is 12.4. The quantitative estimate of drug-likeness (QED) is 0.805. The van der Waals surface area contributed by atoms with Crippen molar-refractivity contribution in [2.75, 3.05) is 38.5 Å². The van der Waals surface area contributed by atoms with Gasteiger partial charge in [-0.1, -0.05) is 13.3 Å². The van der Waals surface area contributed by atoms with Crippen molar-refractivity contribution in [1.82, 2.24) is 9.80 Å². The highest BCUT2D eigenvalue weighted by Gasteiger charge is 2.20. The van der Waals surface area contributed by atoms with Gasteiger partial charge in [0.15, 0.2) is 0 Å². The average molecular weight is 391 g/mol. The van der Waals surface area contributed by atoms with E-state index in [2.05, 4.69) is 17.3 Å². The van der Waals surface area contributed by atoms with Gasteiger partial charge in [0.25, 0.3) is 5.91 Å². The van der Waals surface area contributed by atoms with Gasteiger partial charge in [-0.3, -0.25) is 9.59 Å². The van der Waals surface area contributed by atoms with Crippen molar-refractivity contribution >= 4 is 42.3 Å². The van der Waals surface area contributed by atoms with Crippen LogP contribution in [0.3, 0.4) is 0 Å². The van der Waals surface area contributed by atoms with Crippen LogP contribution in [0.5, 0.6) is 0 Å². The van der Waals surface area contributed by atoms with Crippen LogP contribution in [0.15, 0.2) is 24.3 Å². The summed E-state index contributed by atoms with van der Waals surface area (Å²) in [6, 6.07) is 6.51. The molecule has 1 aromatic carbocycles. The fourth-order valence-corrected chi connectivity index (χ4v) is 2.57. The van der Waals surface area contributed by atoms with Crippen LogP contribution < -0.4 is 11.1 Å². The Morgan fingerprint density at radius 1 is 1.12 bits per heavy atom. The zero-order valence-electron chi connectivity index (χ0n) is 14.7. The number of nitrogens with two attached hydrogens (primary N) is 1. The summed E-state index contributed by atoms with van der Waals surface area (Å²) in [5, 5.41) is 2.78. The van der Waals surface area contributed by atoms with Gasteiger partial charge in [0.1, 0.15) is 0 Å². The highest BCUT2D eigenvalue weighted by atomic mass is 35.5. The summed E-state index contributed by atoms with van der Waals surface area (Å²) in [5.74, 6) is -0.149. The predicted octanol–water partition coefficient (Wildman–Crippen LogP) is 1.98. The van der Waals surface area contributed by atoms with Crippen molar-refractivity contribution in [2.45, 2.75) is 25.8 Å². The number of halogens is 2. The number of rotatable bonds is 5. The Kier molecular flexibility index (Phi) is 10.7. The molecule has 142 valence electrons. The summed E-state index contributed by atoms with van der Waals surface area (Å²) in [5.41, 5.74) is 7.09. The first-order chi connectivity index (χ1) is 11.0. The SMILES string of the molecule is CCCC(N)C(=O)Nc1ccc(C(=O)N2CCN(C)CC2)cc1.Cl.Cl. The van der Waals surface area contributed by atoms with Crippen LogP contribution >= 0.6 is 24.8 Å². The van der Waals surface area contributed by atoms with Gasteiger partial charge in [0.05, 0.1) is 6.04 Å². The number of anilines is 1. The lowest BCUT2D eigenvalue weighted by Gasteiger charge is -2.32. The predicted molar refractivity (Wildman–Crippen MR) is 106 cm³/mol. The number of carbonyl (C=O) groups excluding carboxylic acids is 2. The summed E-state index contributed by atoms with van der Waals surface area (Å²) in [6.45, 7) is 5.29. The third kappa shape index (κ3) is 6.82. The Balaban J connectivity index is 0.00000288. The van der Waals surface area contributed by atoms with Gasteiger partial charge < -0.3 is 20.9 Å². The molecule has 2 rings (SSSR count). The van der Waals surface area contributed by atoms with E-state index in [1.165, 1.54) is 0 Å². The lowest BCUT2D eigenvalue weighted by atomic mass is 10.1. The van der Waals surface area contributed by atoms with Crippen LogP contribution in [0.25, 0.3) is 0 Å². The topological polar surface area (TPSA) is 78.7 Å². The van der Waals surface area contributed by atoms with E-state index in [4.69, 9.17) is 5.73 Å². The van der Waals surface area contributed by atoms with Gasteiger partial charge in [0, 0.05) is 37.4 Å². The number of nitrogens with one attached hydrogen (secondary N) is 1. The van der Waals surface area contributed by atoms with Crippen molar-refractivity contribution in [2.24, 2.45) is 5.73 Å². The molecule has 6 nitrogen and oxygen atoms in total. The van der Waals surface area contributed by atoms with E-state index < -0.39 is 6.04 Å². The molecule has 3 N–H and O–H groups in total. The monoisotopic (exact) mass is 390 g/mol. The van der Waals surface area contributed by atoms with Gasteiger partial charge >= 0.3 is 0 Å². The summed E-state index contributed by atoms with van der Waals surface area (Å²) >= 11 is 0. The van der Waals surface area contributed by atoms with Crippen LogP contribution in [-0.2, 0) is 4.79 Å². The second kappa shape index (κ2) is 11.3. The second-order valence-electron chi connectivity index (χ2n) is 6.06. The fourth-order valence-electron chi connectivity index (χ4n) is 2.57. The van der Waals surface area contributed by atoms with Gasteiger partial charge in [0.2, 0.25) is 5.91 Å². The van der Waals surface area contributed by atoms with Crippen LogP contribution in [0.4, 0.5) is 5.69 Å². The average Bonchev–Trinajstić information content (AvgIpc) is 2.56. The molecule has 1 unspecified atom stereocenters. The van der Waals surface area contributed by atoms with Gasteiger partial charge in [-0.25, -0.2) is 0 Å². The van der Waals surface area contributed by atoms with Crippen molar-refractivity contribution in [3.8, 4) is 0 Å². The second-order valence-corrected chi connectivity index (χ2v) is 6.06. The number of hydrogen-bond donors (Lipinski definition) is 2. The molecule has 0 saturated carbocycles. The minimum Gasteiger partial charge on any atom is -0.336 e. The lowest BCUT2D eigenvalue weighted by Crippen LogP contribution is -2.47. The summed E-state index contributed by atoms with van der Waals surface area (Å²) in [7, 11) is 2.06. The van der Waals surface area contributed by atoms with Crippen molar-refractivity contribution < 1.29 is 9.59 Å². The van der Waals surface area contributed by atoms with Crippen molar-refractivity contribution in [1.29, 1.82) is 0 Å². The molecule has 1 aliphatic heterocycles. The molecule has 8 heteroatoms. The van der Waals surface area contributed by atoms with E-state index in [1.807, 2.05) is 11.8 Å². The molecule has 1 fully saturated rings. The van der Waals surface area contributed by atoms with Gasteiger partial charge in [-0.15, -0.1) is 24.8 Å². The highest BCUT2D eigenvalue weighted by molar-refractivity contribution is 5.97. The number of hydrogen-bond acceptors (Lipinski definition) is 4. The van der Waals surface area contributed by atoms with Crippen LogP contribution in [-0.4, -0.2) is 60.9 Å². The number of likely N-dealkylation sites (N-methyl/N-ethyl adjacent to an activating group) is 1. The Morgan fingerprint density at radius 2 is 1.68 bits per heavy atom. The normalized spacial score (nSPS) is 15.6. The molecule has 0 radical (unpaired) electrons. The molecule has 1 saturated heterocycles. The molecule has 0 aromatic heterocycles. The molecule has 0 aliphatic carbocycles. The summed E-state index contributed by atoms with van der Waals surface area (Å²) in [6.07, 6.45) is 1.53. The van der Waals surface area contributed by atoms with Crippen LogP contribution in [0.1, 0.15) is 30.1 Å². The molecule has 1 aliphatic rings. The lowest BCUT2D eigenvalue weighted by molar-refractivity contribution is -0.117. The minimum absolute atomic E-state index is 0. The van der Waals surface area contributed by atoms with Crippen molar-refractivity contribution in [3.05, 3.63) is 29.8 Å². The maximum Gasteiger partial charge on any atom is 0.253 e. The highest BCUT2D eigenvalue weighted by Crippen LogP contribution is 2.13. The molecule has 0 bridgehead atoms. The molecule has 25 heavy (non-hydrogen) atoms. The Morgan fingerprint density at radius 3 is 2.20 bits per heavy atom. The smallest absolute Gasteiger partial charge is 0.253 e. The van der Waals surface area contributed by atoms with E-state index in [9.17, 15) is 9.59 Å². The van der Waals surface area contributed by atoms with Crippen molar-refractivity contribution in [3.63, 3.8) is 0 Å². The number of carbonyl (C=O) groups is 2. The Labute approximate surface area is 161 Å². The summed E-state index contributed by atoms with van der Waals surface area (Å²) < 4.78 is 0. The zero-order valence-corrected chi connectivity index (χ0v) is 16.4. The molecule has 0 spiro atoms. The fraction of sp³-hybridized carbons (Fsp3) is 0.529. The van der Waals surface area contributed by atoms with Crippen LogP contribution in [0, 0.1) is 0 Å². The Bertz CT molecular complexity index is 546. The minimum atomic E-state index is -0.494. The third-order valence-electron chi connectivity index (χ3n) is 4.13. The molecule has 1 heterocycles. The van der Waals surface area contributed by atoms with Gasteiger partial charge in [-0.05, 0) is 37.7 Å².